The van der Waals surface area contributed by atoms with Gasteiger partial charge >= 0.3 is 5.97 Å². The maximum absolute atomic E-state index is 13.1. The van der Waals surface area contributed by atoms with E-state index in [9.17, 15) is 9.59 Å². The van der Waals surface area contributed by atoms with Gasteiger partial charge in [-0.05, 0) is 43.9 Å². The highest BCUT2D eigenvalue weighted by molar-refractivity contribution is 7.20. The van der Waals surface area contributed by atoms with Crippen LogP contribution in [-0.4, -0.2) is 24.5 Å². The van der Waals surface area contributed by atoms with Crippen molar-refractivity contribution in [2.75, 3.05) is 11.9 Å². The van der Waals surface area contributed by atoms with Crippen molar-refractivity contribution in [3.63, 3.8) is 0 Å². The predicted molar refractivity (Wildman–Crippen MR) is 128 cm³/mol. The van der Waals surface area contributed by atoms with Gasteiger partial charge < -0.3 is 15.4 Å². The predicted octanol–water partition coefficient (Wildman–Crippen LogP) is 4.56. The topological polar surface area (TPSA) is 72.0 Å². The molecular weight excluding hydrogens is 420 g/mol. The Kier molecular flexibility index (Phi) is 7.02. The fourth-order valence-electron chi connectivity index (χ4n) is 4.24. The zero-order valence-electron chi connectivity index (χ0n) is 18.5. The van der Waals surface area contributed by atoms with Crippen LogP contribution >= 0.6 is 11.3 Å². The van der Waals surface area contributed by atoms with Gasteiger partial charge in [0, 0.05) is 16.9 Å². The fraction of sp³-hybridized carbons (Fsp3) is 0.308. The summed E-state index contributed by atoms with van der Waals surface area (Å²) >= 11 is 1.40. The van der Waals surface area contributed by atoms with E-state index in [-0.39, 0.29) is 24.6 Å². The Morgan fingerprint density at radius 2 is 1.91 bits per heavy atom. The SMILES string of the molecule is CCOC(=O)c1cc(-c2ccccc2)sc1NC(=O)[C@H](C)[NH2+][C@@H]1CCCc2ccccc21. The van der Waals surface area contributed by atoms with Gasteiger partial charge in [-0.1, -0.05) is 54.6 Å². The number of esters is 1. The number of ether oxygens (including phenoxy) is 1. The number of nitrogens with two attached hydrogens (primary N) is 1. The van der Waals surface area contributed by atoms with E-state index >= 15 is 0 Å². The molecule has 6 heteroatoms. The summed E-state index contributed by atoms with van der Waals surface area (Å²) in [6, 6.07) is 20.1. The highest BCUT2D eigenvalue weighted by Gasteiger charge is 2.28. The first kappa shape index (κ1) is 22.2. The molecule has 0 unspecified atom stereocenters. The van der Waals surface area contributed by atoms with Gasteiger partial charge in [0.15, 0.2) is 6.04 Å². The summed E-state index contributed by atoms with van der Waals surface area (Å²) < 4.78 is 5.23. The Labute approximate surface area is 192 Å². The Balaban J connectivity index is 1.52. The van der Waals surface area contributed by atoms with Crippen LogP contribution in [0.2, 0.25) is 0 Å². The number of amides is 1. The molecule has 1 amide bonds. The number of anilines is 1. The van der Waals surface area contributed by atoms with Crippen LogP contribution in [-0.2, 0) is 16.0 Å². The van der Waals surface area contributed by atoms with Crippen LogP contribution in [0.25, 0.3) is 10.4 Å². The van der Waals surface area contributed by atoms with Gasteiger partial charge in [0.05, 0.1) is 12.2 Å². The normalized spacial score (nSPS) is 16.1. The van der Waals surface area contributed by atoms with Crippen molar-refractivity contribution in [1.82, 2.24) is 0 Å². The summed E-state index contributed by atoms with van der Waals surface area (Å²) in [5.74, 6) is -0.529. The smallest absolute Gasteiger partial charge is 0.341 e. The fourth-order valence-corrected chi connectivity index (χ4v) is 5.30. The van der Waals surface area contributed by atoms with E-state index in [2.05, 4.69) is 34.9 Å². The molecule has 0 spiro atoms. The number of hydrogen-bond acceptors (Lipinski definition) is 4. The Bertz CT molecular complexity index is 1090. The number of thiophene rings is 1. The van der Waals surface area contributed by atoms with E-state index in [4.69, 9.17) is 4.74 Å². The van der Waals surface area contributed by atoms with Crippen LogP contribution in [0.1, 0.15) is 54.2 Å². The van der Waals surface area contributed by atoms with Gasteiger partial charge in [-0.2, -0.15) is 0 Å². The Morgan fingerprint density at radius 1 is 1.16 bits per heavy atom. The molecule has 1 aliphatic rings. The van der Waals surface area contributed by atoms with E-state index in [1.165, 1.54) is 22.5 Å². The summed E-state index contributed by atoms with van der Waals surface area (Å²) in [6.07, 6.45) is 3.28. The van der Waals surface area contributed by atoms with Crippen LogP contribution in [0.4, 0.5) is 5.00 Å². The van der Waals surface area contributed by atoms with Crippen LogP contribution in [0.15, 0.2) is 60.7 Å². The molecule has 0 fully saturated rings. The highest BCUT2D eigenvalue weighted by atomic mass is 32.1. The molecule has 1 aromatic heterocycles. The zero-order valence-corrected chi connectivity index (χ0v) is 19.3. The maximum atomic E-state index is 13.1. The minimum absolute atomic E-state index is 0.111. The van der Waals surface area contributed by atoms with Crippen molar-refractivity contribution in [2.45, 2.75) is 45.2 Å². The molecule has 1 aliphatic carbocycles. The molecule has 32 heavy (non-hydrogen) atoms. The standard InChI is InChI=1S/C26H28N2O3S/c1-3-31-26(30)21-16-23(19-11-5-4-6-12-19)32-25(21)28-24(29)17(2)27-22-15-9-13-18-10-7-8-14-20(18)22/h4-8,10-12,14,16-17,22,27H,3,9,13,15H2,1-2H3,(H,28,29)/p+1/t17-,22+/m0/s1. The molecule has 0 bridgehead atoms. The van der Waals surface area contributed by atoms with Crippen molar-refractivity contribution in [3.8, 4) is 10.4 Å². The van der Waals surface area contributed by atoms with Crippen molar-refractivity contribution < 1.29 is 19.6 Å². The summed E-state index contributed by atoms with van der Waals surface area (Å²) in [5, 5.41) is 5.68. The molecule has 4 rings (SSSR count). The quantitative estimate of drug-likeness (QED) is 0.520. The largest absolute Gasteiger partial charge is 0.462 e. The lowest BCUT2D eigenvalue weighted by molar-refractivity contribution is -0.714. The molecule has 166 valence electrons. The number of rotatable bonds is 7. The molecule has 3 aromatic rings. The summed E-state index contributed by atoms with van der Waals surface area (Å²) in [7, 11) is 0. The van der Waals surface area contributed by atoms with Gasteiger partial charge in [0.2, 0.25) is 0 Å². The second kappa shape index (κ2) is 10.1. The number of aryl methyl sites for hydroxylation is 1. The van der Waals surface area contributed by atoms with E-state index in [1.54, 1.807) is 13.0 Å². The summed E-state index contributed by atoms with van der Waals surface area (Å²) in [4.78, 5) is 26.5. The molecule has 0 saturated heterocycles. The van der Waals surface area contributed by atoms with Crippen LogP contribution < -0.4 is 10.6 Å². The van der Waals surface area contributed by atoms with Crippen molar-refractivity contribution >= 4 is 28.2 Å². The maximum Gasteiger partial charge on any atom is 0.341 e. The van der Waals surface area contributed by atoms with E-state index in [0.29, 0.717) is 10.6 Å². The summed E-state index contributed by atoms with van der Waals surface area (Å²) in [6.45, 7) is 3.98. The third-order valence-electron chi connectivity index (χ3n) is 5.87. The van der Waals surface area contributed by atoms with Gasteiger partial charge in [-0.15, -0.1) is 11.3 Å². The number of quaternary nitrogens is 1. The molecule has 2 aromatic carbocycles. The first-order valence-electron chi connectivity index (χ1n) is 11.2. The third-order valence-corrected chi connectivity index (χ3v) is 6.97. The number of carbonyl (C=O) groups excluding carboxylic acids is 2. The molecule has 5 nitrogen and oxygen atoms in total. The second-order valence-electron chi connectivity index (χ2n) is 8.11. The molecule has 1 heterocycles. The molecule has 3 N–H and O–H groups in total. The van der Waals surface area contributed by atoms with Gasteiger partial charge in [0.25, 0.3) is 5.91 Å². The van der Waals surface area contributed by atoms with E-state index in [1.807, 2.05) is 37.3 Å². The lowest BCUT2D eigenvalue weighted by atomic mass is 9.87. The third kappa shape index (κ3) is 4.92. The molecular formula is C26H29N2O3S+. The van der Waals surface area contributed by atoms with Crippen molar-refractivity contribution in [3.05, 3.63) is 77.4 Å². The van der Waals surface area contributed by atoms with Crippen LogP contribution in [0.5, 0.6) is 0 Å². The summed E-state index contributed by atoms with van der Waals surface area (Å²) in [5.41, 5.74) is 4.11. The number of fused-ring (bicyclic) bond motifs is 1. The molecule has 0 radical (unpaired) electrons. The number of carbonyl (C=O) groups is 2. The average molecular weight is 450 g/mol. The molecule has 0 saturated carbocycles. The number of benzene rings is 2. The minimum Gasteiger partial charge on any atom is -0.462 e. The van der Waals surface area contributed by atoms with Crippen molar-refractivity contribution in [1.29, 1.82) is 0 Å². The second-order valence-corrected chi connectivity index (χ2v) is 9.16. The Hall–Kier alpha value is -2.96. The van der Waals surface area contributed by atoms with E-state index < -0.39 is 5.97 Å². The van der Waals surface area contributed by atoms with Crippen molar-refractivity contribution in [2.24, 2.45) is 0 Å². The van der Waals surface area contributed by atoms with Crippen LogP contribution in [0, 0.1) is 0 Å². The minimum atomic E-state index is -0.418. The first-order valence-corrected chi connectivity index (χ1v) is 12.0. The van der Waals surface area contributed by atoms with Gasteiger partial charge in [-0.25, -0.2) is 4.79 Å². The monoisotopic (exact) mass is 449 g/mol. The van der Waals surface area contributed by atoms with Crippen LogP contribution in [0.3, 0.4) is 0 Å². The Morgan fingerprint density at radius 3 is 2.69 bits per heavy atom. The number of nitrogens with one attached hydrogen (secondary N) is 1. The van der Waals surface area contributed by atoms with E-state index in [0.717, 1.165) is 29.7 Å². The first-order chi connectivity index (χ1) is 15.6. The average Bonchev–Trinajstić information content (AvgIpc) is 3.24. The zero-order chi connectivity index (χ0) is 22.5. The van der Waals surface area contributed by atoms with Gasteiger partial charge in [0.1, 0.15) is 11.0 Å². The highest BCUT2D eigenvalue weighted by Crippen LogP contribution is 2.36. The molecule has 2 atom stereocenters. The van der Waals surface area contributed by atoms with Gasteiger partial charge in [-0.3, -0.25) is 4.79 Å². The lowest BCUT2D eigenvalue weighted by Crippen LogP contribution is -2.92. The lowest BCUT2D eigenvalue weighted by Gasteiger charge is -2.25. The molecule has 0 aliphatic heterocycles. The number of hydrogen-bond donors (Lipinski definition) is 2.